The summed E-state index contributed by atoms with van der Waals surface area (Å²) in [6.45, 7) is 4.78. The standard InChI is InChI=1S/C23H27ClN4O3/c1-15-4-7-17(13-19(15)24)28-21(16-5-6-16)18(14-25-28)22(29)26-8-10-27(11-9-26)23(30)20-3-2-12-31-20/h4,7,13-14,16,20H,2-3,5-6,8-12H2,1H3. The molecule has 0 radical (unpaired) electrons. The van der Waals surface area contributed by atoms with E-state index in [0.717, 1.165) is 42.6 Å². The summed E-state index contributed by atoms with van der Waals surface area (Å²) in [4.78, 5) is 29.6. The van der Waals surface area contributed by atoms with E-state index in [4.69, 9.17) is 16.3 Å². The molecule has 1 aromatic heterocycles. The molecule has 1 aromatic carbocycles. The smallest absolute Gasteiger partial charge is 0.257 e. The van der Waals surface area contributed by atoms with Crippen LogP contribution in [0.15, 0.2) is 24.4 Å². The largest absolute Gasteiger partial charge is 0.368 e. The highest BCUT2D eigenvalue weighted by molar-refractivity contribution is 6.31. The third-order valence-electron chi connectivity index (χ3n) is 6.48. The van der Waals surface area contributed by atoms with Crippen LogP contribution in [-0.2, 0) is 9.53 Å². The van der Waals surface area contributed by atoms with Gasteiger partial charge in [0.25, 0.3) is 11.8 Å². The van der Waals surface area contributed by atoms with Gasteiger partial charge < -0.3 is 14.5 Å². The van der Waals surface area contributed by atoms with E-state index in [1.54, 1.807) is 6.20 Å². The summed E-state index contributed by atoms with van der Waals surface area (Å²) in [6, 6.07) is 5.87. The van der Waals surface area contributed by atoms with Gasteiger partial charge in [0.15, 0.2) is 0 Å². The first-order valence-corrected chi connectivity index (χ1v) is 11.4. The third-order valence-corrected chi connectivity index (χ3v) is 6.89. The number of aryl methyl sites for hydroxylation is 1. The molecule has 1 unspecified atom stereocenters. The maximum absolute atomic E-state index is 13.4. The molecular formula is C23H27ClN4O3. The van der Waals surface area contributed by atoms with Crippen LogP contribution in [0.1, 0.15) is 53.2 Å². The Morgan fingerprint density at radius 1 is 1.10 bits per heavy atom. The summed E-state index contributed by atoms with van der Waals surface area (Å²) in [5.74, 6) is 0.409. The SMILES string of the molecule is Cc1ccc(-n2ncc(C(=O)N3CCN(C(=O)C4CCCO4)CC3)c2C2CC2)cc1Cl. The number of carbonyl (C=O) groups excluding carboxylic acids is 2. The quantitative estimate of drug-likeness (QED) is 0.729. The minimum absolute atomic E-state index is 0.00410. The molecule has 1 atom stereocenters. The molecule has 5 rings (SSSR count). The van der Waals surface area contributed by atoms with Crippen LogP contribution in [0.5, 0.6) is 0 Å². The number of hydrogen-bond acceptors (Lipinski definition) is 4. The fraction of sp³-hybridized carbons (Fsp3) is 0.522. The fourth-order valence-corrected chi connectivity index (χ4v) is 4.64. The van der Waals surface area contributed by atoms with Crippen molar-refractivity contribution in [1.82, 2.24) is 19.6 Å². The second-order valence-corrected chi connectivity index (χ2v) is 9.09. The molecule has 3 heterocycles. The summed E-state index contributed by atoms with van der Waals surface area (Å²) < 4.78 is 7.40. The number of ether oxygens (including phenoxy) is 1. The molecule has 164 valence electrons. The van der Waals surface area contributed by atoms with E-state index < -0.39 is 0 Å². The molecule has 0 bridgehead atoms. The molecule has 31 heavy (non-hydrogen) atoms. The molecule has 8 heteroatoms. The first-order valence-electron chi connectivity index (χ1n) is 11.1. The number of amides is 2. The van der Waals surface area contributed by atoms with Crippen LogP contribution in [0.3, 0.4) is 0 Å². The molecular weight excluding hydrogens is 416 g/mol. The molecule has 1 aliphatic carbocycles. The van der Waals surface area contributed by atoms with E-state index >= 15 is 0 Å². The second kappa shape index (κ2) is 8.28. The van der Waals surface area contributed by atoms with Gasteiger partial charge in [-0.05, 0) is 50.3 Å². The van der Waals surface area contributed by atoms with E-state index in [1.807, 2.05) is 39.6 Å². The molecule has 7 nitrogen and oxygen atoms in total. The van der Waals surface area contributed by atoms with E-state index in [2.05, 4.69) is 5.10 Å². The molecule has 2 aromatic rings. The summed E-state index contributed by atoms with van der Waals surface area (Å²) in [5, 5.41) is 5.25. The van der Waals surface area contributed by atoms with Crippen LogP contribution >= 0.6 is 11.6 Å². The van der Waals surface area contributed by atoms with Gasteiger partial charge in [0.05, 0.1) is 23.1 Å². The van der Waals surface area contributed by atoms with Gasteiger partial charge in [-0.25, -0.2) is 4.68 Å². The number of nitrogens with zero attached hydrogens (tertiary/aromatic N) is 4. The van der Waals surface area contributed by atoms with Gasteiger partial charge in [0.2, 0.25) is 0 Å². The molecule has 0 spiro atoms. The maximum Gasteiger partial charge on any atom is 0.257 e. The summed E-state index contributed by atoms with van der Waals surface area (Å²) in [7, 11) is 0. The van der Waals surface area contributed by atoms with Crippen LogP contribution in [-0.4, -0.2) is 70.3 Å². The van der Waals surface area contributed by atoms with Gasteiger partial charge in [0.1, 0.15) is 6.10 Å². The average molecular weight is 443 g/mol. The number of hydrogen-bond donors (Lipinski definition) is 0. The first-order chi connectivity index (χ1) is 15.0. The van der Waals surface area contributed by atoms with Gasteiger partial charge >= 0.3 is 0 Å². The lowest BCUT2D eigenvalue weighted by Crippen LogP contribution is -2.52. The van der Waals surface area contributed by atoms with Crippen molar-refractivity contribution in [2.24, 2.45) is 0 Å². The summed E-state index contributed by atoms with van der Waals surface area (Å²) in [6.07, 6.45) is 5.25. The topological polar surface area (TPSA) is 67.7 Å². The van der Waals surface area contributed by atoms with E-state index in [1.165, 1.54) is 0 Å². The fourth-order valence-electron chi connectivity index (χ4n) is 4.47. The Kier molecular flexibility index (Phi) is 5.48. The van der Waals surface area contributed by atoms with Crippen molar-refractivity contribution in [3.8, 4) is 5.69 Å². The van der Waals surface area contributed by atoms with Gasteiger partial charge in [-0.3, -0.25) is 9.59 Å². The normalized spacial score (nSPS) is 21.5. The van der Waals surface area contributed by atoms with Crippen LogP contribution in [0.25, 0.3) is 5.69 Å². The molecule has 0 N–H and O–H groups in total. The number of aromatic nitrogens is 2. The molecule has 3 fully saturated rings. The number of halogens is 1. The van der Waals surface area contributed by atoms with Crippen molar-refractivity contribution in [1.29, 1.82) is 0 Å². The maximum atomic E-state index is 13.4. The Morgan fingerprint density at radius 2 is 1.84 bits per heavy atom. The zero-order valence-corrected chi connectivity index (χ0v) is 18.5. The Labute approximate surface area is 186 Å². The van der Waals surface area contributed by atoms with Crippen molar-refractivity contribution in [3.05, 3.63) is 46.2 Å². The van der Waals surface area contributed by atoms with Crippen molar-refractivity contribution in [3.63, 3.8) is 0 Å². The van der Waals surface area contributed by atoms with E-state index in [9.17, 15) is 9.59 Å². The summed E-state index contributed by atoms with van der Waals surface area (Å²) in [5.41, 5.74) is 3.53. The Morgan fingerprint density at radius 3 is 2.48 bits per heavy atom. The van der Waals surface area contributed by atoms with Crippen LogP contribution in [0.4, 0.5) is 0 Å². The molecule has 2 aliphatic heterocycles. The van der Waals surface area contributed by atoms with E-state index in [-0.39, 0.29) is 17.9 Å². The zero-order chi connectivity index (χ0) is 21.5. The van der Waals surface area contributed by atoms with Gasteiger partial charge in [-0.15, -0.1) is 0 Å². The van der Waals surface area contributed by atoms with Crippen molar-refractivity contribution in [2.45, 2.75) is 44.6 Å². The zero-order valence-electron chi connectivity index (χ0n) is 17.7. The van der Waals surface area contributed by atoms with Gasteiger partial charge in [-0.1, -0.05) is 17.7 Å². The summed E-state index contributed by atoms with van der Waals surface area (Å²) >= 11 is 6.33. The minimum atomic E-state index is -0.303. The molecule has 3 aliphatic rings. The number of carbonyl (C=O) groups is 2. The predicted molar refractivity (Wildman–Crippen MR) is 117 cm³/mol. The Hall–Kier alpha value is -2.38. The van der Waals surface area contributed by atoms with Crippen molar-refractivity contribution < 1.29 is 14.3 Å². The lowest BCUT2D eigenvalue weighted by atomic mass is 10.1. The molecule has 2 saturated heterocycles. The highest BCUT2D eigenvalue weighted by Gasteiger charge is 2.36. The van der Waals surface area contributed by atoms with Crippen LogP contribution in [0.2, 0.25) is 5.02 Å². The van der Waals surface area contributed by atoms with Crippen LogP contribution in [0, 0.1) is 6.92 Å². The number of benzene rings is 1. The molecule has 2 amide bonds. The van der Waals surface area contributed by atoms with Crippen molar-refractivity contribution >= 4 is 23.4 Å². The predicted octanol–water partition coefficient (Wildman–Crippen LogP) is 3.17. The first kappa shape index (κ1) is 20.5. The average Bonchev–Trinajstić information content (AvgIpc) is 3.29. The Bertz CT molecular complexity index is 1000. The number of piperazine rings is 1. The minimum Gasteiger partial charge on any atom is -0.368 e. The monoisotopic (exact) mass is 442 g/mol. The van der Waals surface area contributed by atoms with Crippen molar-refractivity contribution in [2.75, 3.05) is 32.8 Å². The highest BCUT2D eigenvalue weighted by atomic mass is 35.5. The Balaban J connectivity index is 1.32. The lowest BCUT2D eigenvalue weighted by Gasteiger charge is -2.35. The van der Waals surface area contributed by atoms with E-state index in [0.29, 0.717) is 49.3 Å². The number of rotatable bonds is 4. The third kappa shape index (κ3) is 3.96. The van der Waals surface area contributed by atoms with Gasteiger partial charge in [0, 0.05) is 43.7 Å². The second-order valence-electron chi connectivity index (χ2n) is 8.68. The molecule has 1 saturated carbocycles. The highest BCUT2D eigenvalue weighted by Crippen LogP contribution is 2.43. The lowest BCUT2D eigenvalue weighted by molar-refractivity contribution is -0.142. The van der Waals surface area contributed by atoms with Crippen LogP contribution < -0.4 is 0 Å². The van der Waals surface area contributed by atoms with Gasteiger partial charge in [-0.2, -0.15) is 5.10 Å².